The highest BCUT2D eigenvalue weighted by Crippen LogP contribution is 2.55. The van der Waals surface area contributed by atoms with Crippen LogP contribution in [0, 0.1) is 5.92 Å². The number of ether oxygens (including phenoxy) is 1. The number of nitrogens with one attached hydrogen (secondary N) is 2. The molecule has 0 heterocycles. The van der Waals surface area contributed by atoms with Gasteiger partial charge >= 0.3 is 15.2 Å². The van der Waals surface area contributed by atoms with Crippen molar-refractivity contribution < 1.29 is 47.5 Å². The molecule has 0 spiro atoms. The Morgan fingerprint density at radius 3 is 2.28 bits per heavy atom. The minimum atomic E-state index is -4.79. The van der Waals surface area contributed by atoms with E-state index in [0.717, 1.165) is 43.2 Å². The van der Waals surface area contributed by atoms with E-state index in [2.05, 4.69) is 10.6 Å². The van der Waals surface area contributed by atoms with Gasteiger partial charge in [-0.3, -0.25) is 18.9 Å². The van der Waals surface area contributed by atoms with E-state index in [4.69, 9.17) is 24.8 Å². The van der Waals surface area contributed by atoms with Gasteiger partial charge in [-0.2, -0.15) is 0 Å². The van der Waals surface area contributed by atoms with Gasteiger partial charge in [0.2, 0.25) is 11.8 Å². The van der Waals surface area contributed by atoms with Gasteiger partial charge in [-0.15, -0.1) is 0 Å². The van der Waals surface area contributed by atoms with Crippen molar-refractivity contribution in [3.63, 3.8) is 0 Å². The average molecular weight is 680 g/mol. The van der Waals surface area contributed by atoms with Crippen LogP contribution < -0.4 is 25.6 Å². The zero-order valence-electron chi connectivity index (χ0n) is 25.9. The predicted molar refractivity (Wildman–Crippen MR) is 171 cm³/mol. The first-order valence-corrected chi connectivity index (χ1v) is 19.1. The summed E-state index contributed by atoms with van der Waals surface area (Å²) in [6, 6.07) is 7.90. The topological polar surface area (TPSA) is 215 Å². The summed E-state index contributed by atoms with van der Waals surface area (Å²) < 4.78 is 34.2. The Morgan fingerprint density at radius 1 is 0.978 bits per heavy atom. The van der Waals surface area contributed by atoms with Crippen LogP contribution in [0.15, 0.2) is 36.4 Å². The van der Waals surface area contributed by atoms with Crippen LogP contribution in [0.5, 0.6) is 11.5 Å². The summed E-state index contributed by atoms with van der Waals surface area (Å²) in [4.78, 5) is 66.0. The molecule has 15 heteroatoms. The smallest absolute Gasteiger partial charge is 0.388 e. The van der Waals surface area contributed by atoms with Crippen molar-refractivity contribution in [1.29, 1.82) is 0 Å². The molecule has 0 aliphatic heterocycles. The van der Waals surface area contributed by atoms with Crippen LogP contribution >= 0.6 is 15.2 Å². The highest BCUT2D eigenvalue weighted by Gasteiger charge is 2.32. The van der Waals surface area contributed by atoms with Gasteiger partial charge in [0.05, 0.1) is 18.2 Å². The van der Waals surface area contributed by atoms with Crippen molar-refractivity contribution in [3.05, 3.63) is 58.7 Å². The number of hydrogen-bond acceptors (Lipinski definition) is 7. The standard InChI is InChI=1S/C31H43N3O10P2/c1-20(35)33-28(15-21-11-13-24(14-12-21)44-46(41,42)19-45(38,39)40)31(37)34-27-10-6-5-9-23-16-29(26(30(32)36)17-25(23)27)43-18-22-7-3-2-4-8-22/h11-14,16-17,22,27-28H,2-10,15,18-19H2,1H3,(H2,32,36)(H,33,35)(H,34,37)(H,41,42)(H2,38,39,40)/t27-,28-/m0/s1. The zero-order valence-corrected chi connectivity index (χ0v) is 27.6. The monoisotopic (exact) mass is 679 g/mol. The van der Waals surface area contributed by atoms with Crippen LogP contribution in [-0.4, -0.2) is 51.0 Å². The molecule has 2 aromatic rings. The van der Waals surface area contributed by atoms with E-state index in [1.165, 1.54) is 50.5 Å². The molecule has 13 nitrogen and oxygen atoms in total. The molecule has 1 saturated carbocycles. The summed E-state index contributed by atoms with van der Waals surface area (Å²) in [7, 11) is -9.40. The second-order valence-electron chi connectivity index (χ2n) is 12.2. The lowest BCUT2D eigenvalue weighted by atomic mass is 9.90. The first-order chi connectivity index (χ1) is 21.7. The van der Waals surface area contributed by atoms with Crippen molar-refractivity contribution in [2.24, 2.45) is 11.7 Å². The molecular formula is C31H43N3O10P2. The van der Waals surface area contributed by atoms with Crippen molar-refractivity contribution in [2.75, 3.05) is 12.5 Å². The van der Waals surface area contributed by atoms with E-state index >= 15 is 0 Å². The van der Waals surface area contributed by atoms with Gasteiger partial charge in [-0.25, -0.2) is 4.57 Å². The van der Waals surface area contributed by atoms with Gasteiger partial charge in [0.1, 0.15) is 17.5 Å². The van der Waals surface area contributed by atoms with Gasteiger partial charge in [0.15, 0.2) is 5.90 Å². The van der Waals surface area contributed by atoms with Crippen molar-refractivity contribution in [1.82, 2.24) is 10.6 Å². The maximum absolute atomic E-state index is 13.6. The number of rotatable bonds is 13. The summed E-state index contributed by atoms with van der Waals surface area (Å²) in [5, 5.41) is 5.73. The fourth-order valence-corrected chi connectivity index (χ4v) is 8.64. The summed E-state index contributed by atoms with van der Waals surface area (Å²) in [5.74, 6) is -1.98. The van der Waals surface area contributed by atoms with Gasteiger partial charge in [-0.1, -0.05) is 37.8 Å². The SMILES string of the molecule is CC(=O)N[C@@H](Cc1ccc(OP(=O)(O)CP(=O)(O)O)cc1)C(=O)N[C@H]1CCCCc2cc(OCC3CCCCC3)c(C(N)=O)cc21. The molecule has 2 aliphatic carbocycles. The van der Waals surface area contributed by atoms with Crippen LogP contribution in [0.1, 0.15) is 91.4 Å². The first-order valence-electron chi connectivity index (χ1n) is 15.5. The predicted octanol–water partition coefficient (Wildman–Crippen LogP) is 4.08. The molecule has 4 rings (SSSR count). The molecule has 1 unspecified atom stereocenters. The van der Waals surface area contributed by atoms with Crippen molar-refractivity contribution in [2.45, 2.75) is 83.2 Å². The van der Waals surface area contributed by atoms with E-state index in [0.29, 0.717) is 30.3 Å². The molecule has 0 saturated heterocycles. The third kappa shape index (κ3) is 10.7. The highest BCUT2D eigenvalue weighted by molar-refractivity contribution is 7.70. The molecule has 0 aromatic heterocycles. The molecule has 0 radical (unpaired) electrons. The molecule has 2 aliphatic rings. The Labute approximate surface area is 268 Å². The third-order valence-corrected chi connectivity index (χ3v) is 11.7. The maximum Gasteiger partial charge on any atom is 0.388 e. The van der Waals surface area contributed by atoms with Crippen LogP contribution in [0.2, 0.25) is 0 Å². The minimum Gasteiger partial charge on any atom is -0.492 e. The van der Waals surface area contributed by atoms with Gasteiger partial charge in [0.25, 0.3) is 5.91 Å². The number of carbonyl (C=O) groups is 3. The summed E-state index contributed by atoms with van der Waals surface area (Å²) in [6.07, 6.45) is 8.94. The minimum absolute atomic E-state index is 0.0744. The molecule has 7 N–H and O–H groups in total. The number of carbonyl (C=O) groups excluding carboxylic acids is 3. The van der Waals surface area contributed by atoms with E-state index in [9.17, 15) is 28.4 Å². The molecule has 1 fully saturated rings. The molecule has 46 heavy (non-hydrogen) atoms. The number of primary amides is 1. The van der Waals surface area contributed by atoms with E-state index in [1.807, 2.05) is 6.07 Å². The fraction of sp³-hybridized carbons (Fsp3) is 0.516. The number of amides is 3. The Balaban J connectivity index is 1.49. The Kier molecular flexibility index (Phi) is 12.1. The second kappa shape index (κ2) is 15.6. The van der Waals surface area contributed by atoms with Crippen LogP contribution in [0.25, 0.3) is 0 Å². The number of hydrogen-bond donors (Lipinski definition) is 6. The number of nitrogens with two attached hydrogens (primary N) is 1. The van der Waals surface area contributed by atoms with Crippen LogP contribution in [0.4, 0.5) is 0 Å². The lowest BCUT2D eigenvalue weighted by Gasteiger charge is -2.26. The van der Waals surface area contributed by atoms with Gasteiger partial charge in [-0.05, 0) is 79.0 Å². The van der Waals surface area contributed by atoms with Crippen molar-refractivity contribution in [3.8, 4) is 11.5 Å². The van der Waals surface area contributed by atoms with Crippen LogP contribution in [-0.2, 0) is 31.6 Å². The van der Waals surface area contributed by atoms with Crippen LogP contribution in [0.3, 0.4) is 0 Å². The zero-order chi connectivity index (χ0) is 33.5. The molecule has 3 amide bonds. The third-order valence-electron chi connectivity index (χ3n) is 8.26. The fourth-order valence-electron chi connectivity index (χ4n) is 6.10. The Morgan fingerprint density at radius 2 is 1.65 bits per heavy atom. The van der Waals surface area contributed by atoms with Gasteiger partial charge in [0, 0.05) is 13.3 Å². The first kappa shape index (κ1) is 35.6. The van der Waals surface area contributed by atoms with Gasteiger partial charge < -0.3 is 40.3 Å². The maximum atomic E-state index is 13.6. The number of benzene rings is 2. The summed E-state index contributed by atoms with van der Waals surface area (Å²) in [5.41, 5.74) is 8.39. The largest absolute Gasteiger partial charge is 0.492 e. The molecular weight excluding hydrogens is 636 g/mol. The molecule has 252 valence electrons. The number of aryl methyl sites for hydroxylation is 1. The number of fused-ring (bicyclic) bond motifs is 1. The average Bonchev–Trinajstić information content (AvgIpc) is 3.16. The molecule has 3 atom stereocenters. The lowest BCUT2D eigenvalue weighted by molar-refractivity contribution is -0.128. The normalized spacial score (nSPS) is 19.1. The lowest BCUT2D eigenvalue weighted by Crippen LogP contribution is -2.48. The van der Waals surface area contributed by atoms with E-state index in [1.54, 1.807) is 6.07 Å². The quantitative estimate of drug-likeness (QED) is 0.132. The molecule has 0 bridgehead atoms. The Bertz CT molecular complexity index is 1500. The van der Waals surface area contributed by atoms with Crippen molar-refractivity contribution >= 4 is 32.9 Å². The highest BCUT2D eigenvalue weighted by atomic mass is 31.2. The summed E-state index contributed by atoms with van der Waals surface area (Å²) in [6.45, 7) is 1.82. The van der Waals surface area contributed by atoms with E-state index in [-0.39, 0.29) is 17.7 Å². The second-order valence-corrected chi connectivity index (χ2v) is 16.1. The van der Waals surface area contributed by atoms with E-state index < -0.39 is 50.9 Å². The molecule has 2 aromatic carbocycles. The Hall–Kier alpha value is -3.21. The summed E-state index contributed by atoms with van der Waals surface area (Å²) >= 11 is 0.